The molecule has 1 aliphatic heterocycles. The summed E-state index contributed by atoms with van der Waals surface area (Å²) in [5.41, 5.74) is 0.491. The molecule has 1 aromatic rings. The summed E-state index contributed by atoms with van der Waals surface area (Å²) in [5.74, 6) is -0.583. The van der Waals surface area contributed by atoms with Crippen molar-refractivity contribution in [1.82, 2.24) is 4.72 Å². The number of aryl methyl sites for hydroxylation is 1. The van der Waals surface area contributed by atoms with E-state index in [1.165, 1.54) is 12.1 Å². The van der Waals surface area contributed by atoms with Gasteiger partial charge < -0.3 is 9.47 Å². The molecule has 1 aromatic carbocycles. The second-order valence-electron chi connectivity index (χ2n) is 4.67. The average molecular weight is 303 g/mol. The summed E-state index contributed by atoms with van der Waals surface area (Å²) in [7, 11) is -3.80. The van der Waals surface area contributed by atoms with Crippen molar-refractivity contribution in [3.8, 4) is 0 Å². The zero-order valence-corrected chi connectivity index (χ0v) is 12.2. The smallest absolute Gasteiger partial charge is 0.241 e. The van der Waals surface area contributed by atoms with E-state index in [1.54, 1.807) is 6.92 Å². The van der Waals surface area contributed by atoms with Gasteiger partial charge in [-0.3, -0.25) is 0 Å². The van der Waals surface area contributed by atoms with Gasteiger partial charge in [0.2, 0.25) is 10.0 Å². The molecule has 0 aromatic heterocycles. The molecular formula is C13H18FNO4S. The van der Waals surface area contributed by atoms with E-state index >= 15 is 0 Å². The Morgan fingerprint density at radius 3 is 2.90 bits per heavy atom. The summed E-state index contributed by atoms with van der Waals surface area (Å²) in [4.78, 5) is -0.0559. The van der Waals surface area contributed by atoms with Crippen molar-refractivity contribution in [2.75, 3.05) is 19.8 Å². The molecule has 1 N–H and O–H groups in total. The van der Waals surface area contributed by atoms with Crippen LogP contribution < -0.4 is 4.72 Å². The largest absolute Gasteiger partial charge is 0.377 e. The molecule has 7 heteroatoms. The maximum absolute atomic E-state index is 13.2. The zero-order chi connectivity index (χ0) is 14.8. The van der Waals surface area contributed by atoms with Gasteiger partial charge in [0.15, 0.2) is 0 Å². The SMILES string of the molecule is CCO[C@H]1COC[C@@H]1NS(=O)(=O)c1cc(F)ccc1C. The van der Waals surface area contributed by atoms with Gasteiger partial charge in [0.05, 0.1) is 30.3 Å². The molecule has 2 rings (SSSR count). The molecule has 1 fully saturated rings. The van der Waals surface area contributed by atoms with E-state index in [9.17, 15) is 12.8 Å². The first-order valence-corrected chi connectivity index (χ1v) is 7.90. The number of nitrogens with one attached hydrogen (secondary N) is 1. The molecule has 20 heavy (non-hydrogen) atoms. The van der Waals surface area contributed by atoms with Crippen LogP contribution in [0.5, 0.6) is 0 Å². The minimum absolute atomic E-state index is 0.0559. The first kappa shape index (κ1) is 15.4. The summed E-state index contributed by atoms with van der Waals surface area (Å²) in [6, 6.07) is 3.23. The van der Waals surface area contributed by atoms with E-state index in [-0.39, 0.29) is 17.6 Å². The highest BCUT2D eigenvalue weighted by Crippen LogP contribution is 2.19. The highest BCUT2D eigenvalue weighted by molar-refractivity contribution is 7.89. The summed E-state index contributed by atoms with van der Waals surface area (Å²) in [6.07, 6.45) is -0.316. The van der Waals surface area contributed by atoms with Gasteiger partial charge in [-0.05, 0) is 31.5 Å². The van der Waals surface area contributed by atoms with Crippen molar-refractivity contribution < 1.29 is 22.3 Å². The van der Waals surface area contributed by atoms with Crippen LogP contribution in [0.25, 0.3) is 0 Å². The van der Waals surface area contributed by atoms with E-state index in [0.29, 0.717) is 18.8 Å². The molecule has 1 heterocycles. The highest BCUT2D eigenvalue weighted by atomic mass is 32.2. The average Bonchev–Trinajstić information content (AvgIpc) is 2.79. The van der Waals surface area contributed by atoms with E-state index in [2.05, 4.69) is 4.72 Å². The molecule has 0 saturated carbocycles. The van der Waals surface area contributed by atoms with Gasteiger partial charge in [-0.15, -0.1) is 0 Å². The van der Waals surface area contributed by atoms with Crippen molar-refractivity contribution in [2.24, 2.45) is 0 Å². The molecule has 1 aliphatic rings. The quantitative estimate of drug-likeness (QED) is 0.888. The molecule has 5 nitrogen and oxygen atoms in total. The molecule has 2 atom stereocenters. The fourth-order valence-electron chi connectivity index (χ4n) is 2.15. The van der Waals surface area contributed by atoms with Crippen molar-refractivity contribution >= 4 is 10.0 Å². The molecule has 0 bridgehead atoms. The Kier molecular flexibility index (Phi) is 4.74. The number of sulfonamides is 1. The van der Waals surface area contributed by atoms with Crippen LogP contribution in [0.15, 0.2) is 23.1 Å². The second kappa shape index (κ2) is 6.17. The molecule has 1 saturated heterocycles. The number of ether oxygens (including phenoxy) is 2. The van der Waals surface area contributed by atoms with Gasteiger partial charge in [-0.1, -0.05) is 6.07 Å². The standard InChI is InChI=1S/C13H18FNO4S/c1-3-19-12-8-18-7-11(12)15-20(16,17)13-6-10(14)5-4-9(13)2/h4-6,11-12,15H,3,7-8H2,1-2H3/t11-,12-/m0/s1. The van der Waals surface area contributed by atoms with Crippen molar-refractivity contribution in [2.45, 2.75) is 30.9 Å². The number of rotatable bonds is 5. The van der Waals surface area contributed by atoms with Crippen LogP contribution >= 0.6 is 0 Å². The van der Waals surface area contributed by atoms with Crippen LogP contribution in [0.4, 0.5) is 4.39 Å². The Morgan fingerprint density at radius 2 is 2.20 bits per heavy atom. The first-order valence-electron chi connectivity index (χ1n) is 6.42. The number of benzene rings is 1. The van der Waals surface area contributed by atoms with E-state index in [1.807, 2.05) is 6.92 Å². The van der Waals surface area contributed by atoms with E-state index in [0.717, 1.165) is 6.07 Å². The van der Waals surface area contributed by atoms with Gasteiger partial charge >= 0.3 is 0 Å². The predicted octanol–water partition coefficient (Wildman–Crippen LogP) is 1.22. The lowest BCUT2D eigenvalue weighted by molar-refractivity contribution is 0.0440. The number of halogens is 1. The third-order valence-corrected chi connectivity index (χ3v) is 4.79. The predicted molar refractivity (Wildman–Crippen MR) is 71.5 cm³/mol. The summed E-state index contributed by atoms with van der Waals surface area (Å²) in [5, 5.41) is 0. The molecule has 0 aliphatic carbocycles. The molecule has 0 radical (unpaired) electrons. The second-order valence-corrected chi connectivity index (χ2v) is 6.35. The van der Waals surface area contributed by atoms with Crippen molar-refractivity contribution in [3.63, 3.8) is 0 Å². The Labute approximate surface area is 118 Å². The molecule has 0 spiro atoms. The van der Waals surface area contributed by atoms with E-state index < -0.39 is 21.9 Å². The van der Waals surface area contributed by atoms with Crippen molar-refractivity contribution in [3.05, 3.63) is 29.6 Å². The van der Waals surface area contributed by atoms with E-state index in [4.69, 9.17) is 9.47 Å². The third-order valence-electron chi connectivity index (χ3n) is 3.16. The third kappa shape index (κ3) is 3.35. The fourth-order valence-corrected chi connectivity index (χ4v) is 3.65. The van der Waals surface area contributed by atoms with Gasteiger partial charge in [0.1, 0.15) is 5.82 Å². The first-order chi connectivity index (χ1) is 9.44. The molecule has 112 valence electrons. The lowest BCUT2D eigenvalue weighted by atomic mass is 10.2. The lowest BCUT2D eigenvalue weighted by Gasteiger charge is -2.19. The topological polar surface area (TPSA) is 64.6 Å². The van der Waals surface area contributed by atoms with Crippen LogP contribution in [0.1, 0.15) is 12.5 Å². The number of hydrogen-bond acceptors (Lipinski definition) is 4. The zero-order valence-electron chi connectivity index (χ0n) is 11.4. The summed E-state index contributed by atoms with van der Waals surface area (Å²) >= 11 is 0. The monoisotopic (exact) mass is 303 g/mol. The minimum atomic E-state index is -3.80. The number of hydrogen-bond donors (Lipinski definition) is 1. The minimum Gasteiger partial charge on any atom is -0.377 e. The Hall–Kier alpha value is -1.02. The molecule has 0 unspecified atom stereocenters. The van der Waals surface area contributed by atoms with Crippen LogP contribution in [-0.2, 0) is 19.5 Å². The van der Waals surface area contributed by atoms with Gasteiger partial charge in [-0.2, -0.15) is 0 Å². The molecular weight excluding hydrogens is 285 g/mol. The van der Waals surface area contributed by atoms with Gasteiger partial charge in [-0.25, -0.2) is 17.5 Å². The Balaban J connectivity index is 2.20. The Morgan fingerprint density at radius 1 is 1.45 bits per heavy atom. The van der Waals surface area contributed by atoms with Crippen LogP contribution in [-0.4, -0.2) is 40.4 Å². The normalized spacial score (nSPS) is 23.1. The summed E-state index contributed by atoms with van der Waals surface area (Å²) in [6.45, 7) is 4.53. The van der Waals surface area contributed by atoms with Crippen LogP contribution in [0.3, 0.4) is 0 Å². The van der Waals surface area contributed by atoms with Crippen LogP contribution in [0.2, 0.25) is 0 Å². The van der Waals surface area contributed by atoms with Crippen molar-refractivity contribution in [1.29, 1.82) is 0 Å². The molecule has 0 amide bonds. The van der Waals surface area contributed by atoms with Crippen LogP contribution in [0, 0.1) is 12.7 Å². The maximum atomic E-state index is 13.2. The Bertz CT molecular complexity index is 576. The summed E-state index contributed by atoms with van der Waals surface area (Å²) < 4.78 is 51.1. The fraction of sp³-hybridized carbons (Fsp3) is 0.538. The maximum Gasteiger partial charge on any atom is 0.241 e. The van der Waals surface area contributed by atoms with Gasteiger partial charge in [0, 0.05) is 6.61 Å². The highest BCUT2D eigenvalue weighted by Gasteiger charge is 2.33. The lowest BCUT2D eigenvalue weighted by Crippen LogP contribution is -2.43. The van der Waals surface area contributed by atoms with Gasteiger partial charge in [0.25, 0.3) is 0 Å².